The van der Waals surface area contributed by atoms with E-state index in [2.05, 4.69) is 32.3 Å². The summed E-state index contributed by atoms with van der Waals surface area (Å²) >= 11 is 0. The van der Waals surface area contributed by atoms with Crippen LogP contribution in [0.4, 0.5) is 16.2 Å². The number of benzene rings is 1. The van der Waals surface area contributed by atoms with Crippen LogP contribution < -0.4 is 19.8 Å². The average Bonchev–Trinajstić information content (AvgIpc) is 3.54. The molecule has 3 heterocycles. The zero-order valence-corrected chi connectivity index (χ0v) is 29.9. The Morgan fingerprint density at radius 3 is 2.53 bits per heavy atom. The van der Waals surface area contributed by atoms with Crippen LogP contribution in [0.3, 0.4) is 0 Å². The number of amides is 1. The van der Waals surface area contributed by atoms with Crippen LogP contribution in [-0.2, 0) is 28.2 Å². The molecule has 1 aliphatic rings. The van der Waals surface area contributed by atoms with Gasteiger partial charge in [-0.05, 0) is 46.2 Å². The molecule has 4 rings (SSSR count). The number of rotatable bonds is 17. The summed E-state index contributed by atoms with van der Waals surface area (Å²) in [6.07, 6.45) is 0.330. The van der Waals surface area contributed by atoms with Crippen molar-refractivity contribution in [1.82, 2.24) is 24.6 Å². The number of alkyl halides is 1. The number of ether oxygens (including phenoxy) is 2. The number of anilines is 2. The van der Waals surface area contributed by atoms with Gasteiger partial charge in [0.15, 0.2) is 28.9 Å². The Balaban J connectivity index is 1.57. The number of carbonyl (C=O) groups excluding carboxylic acids is 2. The molecule has 1 aromatic carbocycles. The van der Waals surface area contributed by atoms with Crippen LogP contribution in [0.15, 0.2) is 36.7 Å². The number of fused-ring (bicyclic) bond motifs is 1. The Morgan fingerprint density at radius 2 is 1.88 bits per heavy atom. The molecule has 49 heavy (non-hydrogen) atoms. The van der Waals surface area contributed by atoms with Crippen molar-refractivity contribution in [3.63, 3.8) is 0 Å². The zero-order chi connectivity index (χ0) is 35.9. The second-order valence-corrected chi connectivity index (χ2v) is 14.3. The lowest BCUT2D eigenvalue weighted by atomic mass is 9.98. The molecule has 1 aliphatic heterocycles. The smallest absolute Gasteiger partial charge is 0.459 e. The van der Waals surface area contributed by atoms with Gasteiger partial charge in [-0.2, -0.15) is 15.1 Å². The quantitative estimate of drug-likeness (QED) is 0.0979. The van der Waals surface area contributed by atoms with Crippen molar-refractivity contribution in [1.29, 1.82) is 0 Å². The predicted octanol–water partition coefficient (Wildman–Crippen LogP) is 4.92. The van der Waals surface area contributed by atoms with Crippen LogP contribution in [0, 0.1) is 0 Å². The molecule has 17 heteroatoms. The van der Waals surface area contributed by atoms with Crippen LogP contribution in [0.5, 0.6) is 5.75 Å². The SMILES string of the molecule is CCCCCCC(=O)Nc1nc(N(C)C)c2ncn([C@@H]3O[C@H](CO[P@@](=O)(N[C@@H](C)C(=O)OC(C)C)Oc4ccccc4)[C@@H](O)[C@@]3(C)F)c2n1. The van der Waals surface area contributed by atoms with Crippen molar-refractivity contribution in [2.24, 2.45) is 0 Å². The largest absolute Gasteiger partial charge is 0.462 e. The number of para-hydroxylation sites is 1. The molecule has 0 spiro atoms. The Bertz CT molecular complexity index is 1620. The van der Waals surface area contributed by atoms with Crippen LogP contribution in [0.2, 0.25) is 0 Å². The summed E-state index contributed by atoms with van der Waals surface area (Å²) in [6.45, 7) is 7.43. The van der Waals surface area contributed by atoms with E-state index in [1.54, 1.807) is 63.2 Å². The van der Waals surface area contributed by atoms with Crippen molar-refractivity contribution in [2.75, 3.05) is 30.9 Å². The van der Waals surface area contributed by atoms with Crippen molar-refractivity contribution >= 4 is 42.6 Å². The summed E-state index contributed by atoms with van der Waals surface area (Å²) in [5.74, 6) is -0.392. The van der Waals surface area contributed by atoms with Crippen LogP contribution >= 0.6 is 7.75 Å². The van der Waals surface area contributed by atoms with Gasteiger partial charge in [-0.25, -0.2) is 13.9 Å². The minimum Gasteiger partial charge on any atom is -0.462 e. The van der Waals surface area contributed by atoms with Gasteiger partial charge in [0.2, 0.25) is 11.9 Å². The highest BCUT2D eigenvalue weighted by Gasteiger charge is 2.56. The summed E-state index contributed by atoms with van der Waals surface area (Å²) in [5.41, 5.74) is -1.95. The van der Waals surface area contributed by atoms with E-state index in [-0.39, 0.29) is 23.3 Å². The van der Waals surface area contributed by atoms with Gasteiger partial charge in [0.05, 0.1) is 19.0 Å². The number of imidazole rings is 1. The summed E-state index contributed by atoms with van der Waals surface area (Å²) in [7, 11) is -0.849. The van der Waals surface area contributed by atoms with Gasteiger partial charge in [0.25, 0.3) is 0 Å². The van der Waals surface area contributed by atoms with Crippen LogP contribution in [0.1, 0.15) is 73.0 Å². The molecule has 6 atom stereocenters. The summed E-state index contributed by atoms with van der Waals surface area (Å²) in [5, 5.41) is 16.4. The first-order valence-electron chi connectivity index (χ1n) is 16.4. The van der Waals surface area contributed by atoms with E-state index >= 15 is 4.39 Å². The molecular formula is C32H47FN7O8P. The molecule has 0 bridgehead atoms. The van der Waals surface area contributed by atoms with E-state index < -0.39 is 56.6 Å². The Kier molecular flexibility index (Phi) is 12.7. The van der Waals surface area contributed by atoms with E-state index in [9.17, 15) is 19.3 Å². The minimum atomic E-state index is -4.33. The minimum absolute atomic E-state index is 0.00705. The standard InChI is InChI=1S/C32H47FN7O8P/c1-8-9-10-14-17-24(41)35-31-36-27(39(6)7)25-28(37-31)40(19-34-25)30-32(5,33)26(42)23(47-30)18-45-49(44,48-22-15-12-11-13-16-22)38-21(4)29(43)46-20(2)3/h11-13,15-16,19-21,23,26,30,42H,8-10,14,17-18H2,1-7H3,(H,38,44)(H,35,36,37,41)/t21-,23+,26+,30+,32+,49-/m0/s1. The third-order valence-electron chi connectivity index (χ3n) is 7.74. The number of hydrogen-bond acceptors (Lipinski definition) is 12. The first-order valence-corrected chi connectivity index (χ1v) is 17.9. The molecule has 3 aromatic rings. The maximum absolute atomic E-state index is 16.4. The number of halogens is 1. The maximum atomic E-state index is 16.4. The van der Waals surface area contributed by atoms with Crippen LogP contribution in [0.25, 0.3) is 11.2 Å². The number of aliphatic hydroxyl groups excluding tert-OH is 1. The van der Waals surface area contributed by atoms with Gasteiger partial charge < -0.3 is 24.0 Å². The molecule has 0 radical (unpaired) electrons. The van der Waals surface area contributed by atoms with Gasteiger partial charge in [-0.1, -0.05) is 44.4 Å². The molecule has 15 nitrogen and oxygen atoms in total. The highest BCUT2D eigenvalue weighted by molar-refractivity contribution is 7.52. The highest BCUT2D eigenvalue weighted by Crippen LogP contribution is 2.48. The van der Waals surface area contributed by atoms with Gasteiger partial charge in [-0.15, -0.1) is 0 Å². The summed E-state index contributed by atoms with van der Waals surface area (Å²) in [4.78, 5) is 40.2. The molecule has 3 N–H and O–H groups in total. The third kappa shape index (κ3) is 9.51. The highest BCUT2D eigenvalue weighted by atomic mass is 31.2. The fourth-order valence-electron chi connectivity index (χ4n) is 5.20. The van der Waals surface area contributed by atoms with E-state index in [0.717, 1.165) is 32.6 Å². The van der Waals surface area contributed by atoms with Gasteiger partial charge in [0, 0.05) is 20.5 Å². The third-order valence-corrected chi connectivity index (χ3v) is 9.38. The number of esters is 1. The van der Waals surface area contributed by atoms with E-state index in [1.807, 2.05) is 0 Å². The summed E-state index contributed by atoms with van der Waals surface area (Å²) in [6, 6.07) is 7.02. The molecule has 2 aromatic heterocycles. The van der Waals surface area contributed by atoms with Gasteiger partial charge in [-0.3, -0.25) is 24.0 Å². The first kappa shape index (κ1) is 38.1. The predicted molar refractivity (Wildman–Crippen MR) is 181 cm³/mol. The number of nitrogens with zero attached hydrogens (tertiary/aromatic N) is 5. The number of nitrogens with one attached hydrogen (secondary N) is 2. The van der Waals surface area contributed by atoms with E-state index in [0.29, 0.717) is 17.8 Å². The number of aliphatic hydroxyl groups is 1. The van der Waals surface area contributed by atoms with Gasteiger partial charge >= 0.3 is 13.7 Å². The average molecular weight is 708 g/mol. The normalized spacial score (nSPS) is 22.5. The molecule has 270 valence electrons. The maximum Gasteiger partial charge on any atom is 0.459 e. The molecule has 0 saturated carbocycles. The molecule has 1 amide bonds. The number of aromatic nitrogens is 4. The number of hydrogen-bond donors (Lipinski definition) is 3. The summed E-state index contributed by atoms with van der Waals surface area (Å²) < 4.78 is 54.2. The lowest BCUT2D eigenvalue weighted by Crippen LogP contribution is -2.41. The van der Waals surface area contributed by atoms with Crippen molar-refractivity contribution in [3.05, 3.63) is 36.7 Å². The molecular weight excluding hydrogens is 660 g/mol. The van der Waals surface area contributed by atoms with E-state index in [4.69, 9.17) is 18.5 Å². The van der Waals surface area contributed by atoms with E-state index in [1.165, 1.54) is 17.8 Å². The second-order valence-electron chi connectivity index (χ2n) is 12.6. The van der Waals surface area contributed by atoms with Crippen molar-refractivity contribution in [2.45, 2.75) is 103 Å². The lowest BCUT2D eigenvalue weighted by molar-refractivity contribution is -0.149. The number of carbonyl (C=O) groups is 2. The topological polar surface area (TPSA) is 179 Å². The second kappa shape index (κ2) is 16.3. The Labute approximate surface area is 285 Å². The lowest BCUT2D eigenvalue weighted by Gasteiger charge is -2.25. The first-order chi connectivity index (χ1) is 23.1. The molecule has 0 aliphatic carbocycles. The molecule has 0 unspecified atom stereocenters. The van der Waals surface area contributed by atoms with Crippen molar-refractivity contribution in [3.8, 4) is 5.75 Å². The molecule has 1 fully saturated rings. The van der Waals surface area contributed by atoms with Gasteiger partial charge in [0.1, 0.15) is 24.0 Å². The Hall–Kier alpha value is -3.69. The number of unbranched alkanes of at least 4 members (excludes halogenated alkanes) is 3. The zero-order valence-electron chi connectivity index (χ0n) is 29.0. The fourth-order valence-corrected chi connectivity index (χ4v) is 6.70. The Morgan fingerprint density at radius 1 is 1.16 bits per heavy atom. The fraction of sp³-hybridized carbons (Fsp3) is 0.594. The molecule has 1 saturated heterocycles. The monoisotopic (exact) mass is 707 g/mol. The van der Waals surface area contributed by atoms with Crippen molar-refractivity contribution < 1.29 is 42.2 Å². The van der Waals surface area contributed by atoms with Crippen LogP contribution in [-0.4, -0.2) is 87.2 Å².